The van der Waals surface area contributed by atoms with E-state index in [9.17, 15) is 16.8 Å². The van der Waals surface area contributed by atoms with Crippen molar-refractivity contribution >= 4 is 79.4 Å². The Balaban J connectivity index is 0.00000204. The van der Waals surface area contributed by atoms with Crippen LogP contribution >= 0.6 is 0 Å². The Morgan fingerprint density at radius 2 is 0.912 bits per heavy atom. The maximum absolute atomic E-state index is 13.4. The van der Waals surface area contributed by atoms with Crippen LogP contribution < -0.4 is 8.37 Å². The molecule has 4 aromatic rings. The first-order valence-corrected chi connectivity index (χ1v) is 12.4. The van der Waals surface area contributed by atoms with Crippen molar-refractivity contribution in [1.29, 1.82) is 0 Å². The number of hydrogen-bond donors (Lipinski definition) is 0. The van der Waals surface area contributed by atoms with Crippen LogP contribution in [-0.2, 0) is 20.2 Å². The van der Waals surface area contributed by atoms with Crippen molar-refractivity contribution < 1.29 is 25.2 Å². The van der Waals surface area contributed by atoms with Crippen LogP contribution in [0, 0.1) is 0 Å². The Bertz CT molecular complexity index is 1430. The first-order chi connectivity index (χ1) is 15.4. The third kappa shape index (κ3) is 6.74. The van der Waals surface area contributed by atoms with Gasteiger partial charge in [0.15, 0.2) is 0 Å². The zero-order chi connectivity index (χ0) is 22.6. The standard InChI is InChI=1S/C24H18O6S2.2Na/c25-31(26,29-20-13-6-2-7-14-20)23-18-10-17-22(19-11-4-1-5-12-19)24(23)32(27,28)30-21-15-8-3-9-16-21;;/h1-18H;;. The third-order valence-electron chi connectivity index (χ3n) is 4.48. The van der Waals surface area contributed by atoms with Gasteiger partial charge in [-0.1, -0.05) is 78.9 Å². The van der Waals surface area contributed by atoms with Gasteiger partial charge in [0.2, 0.25) is 0 Å². The number of hydrogen-bond acceptors (Lipinski definition) is 6. The Morgan fingerprint density at radius 3 is 1.41 bits per heavy atom. The van der Waals surface area contributed by atoms with Gasteiger partial charge < -0.3 is 8.37 Å². The molecule has 34 heavy (non-hydrogen) atoms. The molecule has 0 bridgehead atoms. The van der Waals surface area contributed by atoms with Gasteiger partial charge in [0.25, 0.3) is 0 Å². The van der Waals surface area contributed by atoms with E-state index in [1.807, 2.05) is 0 Å². The van der Waals surface area contributed by atoms with Gasteiger partial charge in [0, 0.05) is 64.7 Å². The second-order valence-electron chi connectivity index (χ2n) is 6.70. The molecule has 0 aliphatic carbocycles. The molecule has 10 heteroatoms. The SMILES string of the molecule is O=S(=O)(Oc1ccccc1)c1cccc(-c2ccccc2)c1S(=O)(=O)Oc1ccccc1.[Na].[Na]. The summed E-state index contributed by atoms with van der Waals surface area (Å²) in [6, 6.07) is 28.5. The minimum atomic E-state index is -4.56. The minimum absolute atomic E-state index is 0. The Morgan fingerprint density at radius 1 is 0.471 bits per heavy atom. The number of benzene rings is 4. The van der Waals surface area contributed by atoms with Crippen molar-refractivity contribution in [3.63, 3.8) is 0 Å². The molecule has 0 amide bonds. The molecule has 0 N–H and O–H groups in total. The summed E-state index contributed by atoms with van der Waals surface area (Å²) < 4.78 is 63.6. The van der Waals surface area contributed by atoms with Crippen molar-refractivity contribution in [1.82, 2.24) is 0 Å². The predicted molar refractivity (Wildman–Crippen MR) is 132 cm³/mol. The summed E-state index contributed by atoms with van der Waals surface area (Å²) in [6.07, 6.45) is 0. The van der Waals surface area contributed by atoms with Crippen molar-refractivity contribution in [3.05, 3.63) is 109 Å². The Hall–Kier alpha value is -1.62. The molecule has 0 heterocycles. The quantitative estimate of drug-likeness (QED) is 0.274. The van der Waals surface area contributed by atoms with E-state index in [-0.39, 0.29) is 76.2 Å². The molecule has 0 atom stereocenters. The van der Waals surface area contributed by atoms with E-state index < -0.39 is 30.0 Å². The number of para-hydroxylation sites is 2. The van der Waals surface area contributed by atoms with Gasteiger partial charge in [-0.2, -0.15) is 16.8 Å². The predicted octanol–water partition coefficient (Wildman–Crippen LogP) is 4.13. The summed E-state index contributed by atoms with van der Waals surface area (Å²) in [7, 11) is -9.07. The van der Waals surface area contributed by atoms with Crippen LogP contribution in [0.3, 0.4) is 0 Å². The molecule has 4 rings (SSSR count). The third-order valence-corrected chi connectivity index (χ3v) is 7.25. The average Bonchev–Trinajstić information content (AvgIpc) is 2.80. The van der Waals surface area contributed by atoms with Gasteiger partial charge in [0.1, 0.15) is 21.3 Å². The van der Waals surface area contributed by atoms with E-state index in [0.29, 0.717) is 5.56 Å². The first kappa shape index (κ1) is 28.6. The molecule has 0 aliphatic rings. The largest absolute Gasteiger partial charge is 0.379 e. The first-order valence-electron chi connectivity index (χ1n) is 9.54. The fourth-order valence-electron chi connectivity index (χ4n) is 3.11. The topological polar surface area (TPSA) is 86.7 Å². The average molecular weight is 513 g/mol. The minimum Gasteiger partial charge on any atom is -0.379 e. The molecule has 0 spiro atoms. The summed E-state index contributed by atoms with van der Waals surface area (Å²) in [5.74, 6) is 0.118. The monoisotopic (exact) mass is 512 g/mol. The second-order valence-corrected chi connectivity index (χ2v) is 9.70. The molecular weight excluding hydrogens is 494 g/mol. The number of rotatable bonds is 7. The smallest absolute Gasteiger partial charge is 0.341 e. The summed E-state index contributed by atoms with van der Waals surface area (Å²) in [5, 5.41) is 0. The van der Waals surface area contributed by atoms with Crippen LogP contribution in [0.5, 0.6) is 11.5 Å². The molecule has 0 fully saturated rings. The van der Waals surface area contributed by atoms with E-state index in [1.165, 1.54) is 42.5 Å². The fourth-order valence-corrected chi connectivity index (χ4v) is 5.97. The van der Waals surface area contributed by atoms with Crippen LogP contribution in [0.4, 0.5) is 0 Å². The van der Waals surface area contributed by atoms with Gasteiger partial charge in [-0.3, -0.25) is 0 Å². The summed E-state index contributed by atoms with van der Waals surface area (Å²) >= 11 is 0. The van der Waals surface area contributed by atoms with Crippen LogP contribution in [0.15, 0.2) is 119 Å². The van der Waals surface area contributed by atoms with E-state index >= 15 is 0 Å². The Labute approximate surface area is 243 Å². The Kier molecular flexibility index (Phi) is 10.4. The molecule has 0 saturated heterocycles. The molecule has 0 aliphatic heterocycles. The molecular formula is C24H18Na2O6S2. The van der Waals surface area contributed by atoms with Crippen LogP contribution in [0.2, 0.25) is 0 Å². The second kappa shape index (κ2) is 12.4. The van der Waals surface area contributed by atoms with Crippen molar-refractivity contribution in [2.75, 3.05) is 0 Å². The molecule has 164 valence electrons. The van der Waals surface area contributed by atoms with Crippen molar-refractivity contribution in [2.24, 2.45) is 0 Å². The maximum Gasteiger partial charge on any atom is 0.341 e. The molecule has 0 aromatic heterocycles. The van der Waals surface area contributed by atoms with Gasteiger partial charge in [0.05, 0.1) is 0 Å². The summed E-state index contributed by atoms with van der Waals surface area (Å²) in [4.78, 5) is -1.01. The molecule has 6 nitrogen and oxygen atoms in total. The van der Waals surface area contributed by atoms with Gasteiger partial charge in [-0.05, 0) is 35.9 Å². The molecule has 0 unspecified atom stereocenters. The van der Waals surface area contributed by atoms with Crippen molar-refractivity contribution in [3.8, 4) is 22.6 Å². The molecule has 4 aromatic carbocycles. The van der Waals surface area contributed by atoms with Gasteiger partial charge in [-0.15, -0.1) is 0 Å². The van der Waals surface area contributed by atoms with E-state index in [4.69, 9.17) is 8.37 Å². The van der Waals surface area contributed by atoms with Crippen molar-refractivity contribution in [2.45, 2.75) is 9.79 Å². The summed E-state index contributed by atoms with van der Waals surface area (Å²) in [5.41, 5.74) is 0.693. The normalized spacial score (nSPS) is 10.9. The maximum atomic E-state index is 13.4. The fraction of sp³-hybridized carbons (Fsp3) is 0. The molecule has 2 radical (unpaired) electrons. The van der Waals surface area contributed by atoms with E-state index in [1.54, 1.807) is 66.7 Å². The zero-order valence-electron chi connectivity index (χ0n) is 18.7. The summed E-state index contributed by atoms with van der Waals surface area (Å²) in [6.45, 7) is 0. The van der Waals surface area contributed by atoms with Gasteiger partial charge >= 0.3 is 20.2 Å². The van der Waals surface area contributed by atoms with Crippen LogP contribution in [0.1, 0.15) is 0 Å². The zero-order valence-corrected chi connectivity index (χ0v) is 24.3. The van der Waals surface area contributed by atoms with E-state index in [2.05, 4.69) is 0 Å². The van der Waals surface area contributed by atoms with Gasteiger partial charge in [-0.25, -0.2) is 0 Å². The van der Waals surface area contributed by atoms with Crippen LogP contribution in [-0.4, -0.2) is 76.0 Å². The van der Waals surface area contributed by atoms with Crippen LogP contribution in [0.25, 0.3) is 11.1 Å². The molecule has 0 saturated carbocycles. The van der Waals surface area contributed by atoms with E-state index in [0.717, 1.165) is 0 Å².